The number of rotatable bonds is 4. The van der Waals surface area contributed by atoms with Gasteiger partial charge < -0.3 is 0 Å². The van der Waals surface area contributed by atoms with E-state index in [1.165, 1.54) is 54.9 Å². The maximum Gasteiger partial charge on any atom is 0.160 e. The van der Waals surface area contributed by atoms with Crippen LogP contribution in [0.1, 0.15) is 49.7 Å². The van der Waals surface area contributed by atoms with Gasteiger partial charge in [-0.2, -0.15) is 5.26 Å². The van der Waals surface area contributed by atoms with Crippen molar-refractivity contribution in [3.05, 3.63) is 108 Å². The standard InChI is InChI=1S/C37H31N3/c38-23-24-8-10-30(11-9-24)36-39-34(19-35(40-36)33-7-3-5-28-4-1-2-6-32(28)33)29-12-14-31(15-13-29)37-20-25-16-26(21-37)18-27(17-25)22-37/h1-15,19,25-27H,16-18,20-22H2/t25-,26+,27-,37?. The highest BCUT2D eigenvalue weighted by atomic mass is 14.9. The van der Waals surface area contributed by atoms with Gasteiger partial charge in [-0.3, -0.25) is 0 Å². The Kier molecular flexibility index (Phi) is 5.39. The van der Waals surface area contributed by atoms with Crippen LogP contribution in [0.2, 0.25) is 0 Å². The number of hydrogen-bond donors (Lipinski definition) is 0. The van der Waals surface area contributed by atoms with Crippen LogP contribution in [0.25, 0.3) is 44.7 Å². The molecule has 0 amide bonds. The van der Waals surface area contributed by atoms with Crippen molar-refractivity contribution >= 4 is 10.8 Å². The molecule has 3 nitrogen and oxygen atoms in total. The van der Waals surface area contributed by atoms with Crippen molar-refractivity contribution in [1.82, 2.24) is 9.97 Å². The fourth-order valence-corrected chi connectivity index (χ4v) is 8.46. The van der Waals surface area contributed by atoms with E-state index in [9.17, 15) is 5.26 Å². The largest absolute Gasteiger partial charge is 0.228 e. The van der Waals surface area contributed by atoms with Crippen LogP contribution in [0.4, 0.5) is 0 Å². The second-order valence-electron chi connectivity index (χ2n) is 12.5. The third-order valence-corrected chi connectivity index (χ3v) is 9.90. The Labute approximate surface area is 235 Å². The Morgan fingerprint density at radius 3 is 1.98 bits per heavy atom. The van der Waals surface area contributed by atoms with Crippen LogP contribution < -0.4 is 0 Å². The molecule has 1 aromatic heterocycles. The molecule has 3 heteroatoms. The average Bonchev–Trinajstić information content (AvgIpc) is 3.00. The lowest BCUT2D eigenvalue weighted by Gasteiger charge is -2.57. The normalized spacial score (nSPS) is 24.7. The Balaban J connectivity index is 1.23. The van der Waals surface area contributed by atoms with E-state index < -0.39 is 0 Å². The van der Waals surface area contributed by atoms with Gasteiger partial charge in [-0.25, -0.2) is 9.97 Å². The second kappa shape index (κ2) is 9.14. The molecule has 5 aromatic rings. The molecule has 40 heavy (non-hydrogen) atoms. The van der Waals surface area contributed by atoms with E-state index in [0.717, 1.165) is 45.8 Å². The summed E-state index contributed by atoms with van der Waals surface area (Å²) in [6.07, 6.45) is 8.52. The lowest BCUT2D eigenvalue weighted by Crippen LogP contribution is -2.48. The molecule has 4 aliphatic rings. The first-order chi connectivity index (χ1) is 19.7. The van der Waals surface area contributed by atoms with Crippen LogP contribution in [0.5, 0.6) is 0 Å². The van der Waals surface area contributed by atoms with Gasteiger partial charge in [0.2, 0.25) is 0 Å². The first-order valence-corrected chi connectivity index (χ1v) is 14.6. The third-order valence-electron chi connectivity index (χ3n) is 9.90. The zero-order chi connectivity index (χ0) is 26.7. The predicted molar refractivity (Wildman–Crippen MR) is 160 cm³/mol. The Morgan fingerprint density at radius 2 is 1.27 bits per heavy atom. The second-order valence-corrected chi connectivity index (χ2v) is 12.5. The predicted octanol–water partition coefficient (Wildman–Crippen LogP) is 8.97. The molecule has 9 rings (SSSR count). The summed E-state index contributed by atoms with van der Waals surface area (Å²) in [4.78, 5) is 10.1. The van der Waals surface area contributed by atoms with Crippen molar-refractivity contribution in [2.75, 3.05) is 0 Å². The summed E-state index contributed by atoms with van der Waals surface area (Å²) in [7, 11) is 0. The molecule has 0 unspecified atom stereocenters. The molecular formula is C37H31N3. The van der Waals surface area contributed by atoms with E-state index in [4.69, 9.17) is 9.97 Å². The van der Waals surface area contributed by atoms with Crippen molar-refractivity contribution in [1.29, 1.82) is 5.26 Å². The summed E-state index contributed by atoms with van der Waals surface area (Å²) >= 11 is 0. The lowest BCUT2D eigenvalue weighted by atomic mass is 9.48. The van der Waals surface area contributed by atoms with E-state index >= 15 is 0 Å². The topological polar surface area (TPSA) is 49.6 Å². The highest BCUT2D eigenvalue weighted by Gasteiger charge is 2.51. The zero-order valence-corrected chi connectivity index (χ0v) is 22.6. The monoisotopic (exact) mass is 517 g/mol. The molecule has 4 aromatic carbocycles. The highest BCUT2D eigenvalue weighted by molar-refractivity contribution is 5.96. The SMILES string of the molecule is N#Cc1ccc(-c2nc(-c3ccc(C45C[C@H]6C[C@@H](C4)C[C@@H](C5)C6)cc3)cc(-c3cccc4ccccc34)n2)cc1. The van der Waals surface area contributed by atoms with Crippen molar-refractivity contribution in [3.8, 4) is 40.0 Å². The minimum atomic E-state index is 0.390. The van der Waals surface area contributed by atoms with Crippen LogP contribution >= 0.6 is 0 Å². The van der Waals surface area contributed by atoms with Crippen LogP contribution in [0.3, 0.4) is 0 Å². The molecule has 194 valence electrons. The van der Waals surface area contributed by atoms with Gasteiger partial charge >= 0.3 is 0 Å². The quantitative estimate of drug-likeness (QED) is 0.239. The number of nitriles is 1. The van der Waals surface area contributed by atoms with E-state index in [-0.39, 0.29) is 0 Å². The Bertz CT molecular complexity index is 1740. The Morgan fingerprint density at radius 1 is 0.650 bits per heavy atom. The van der Waals surface area contributed by atoms with Crippen molar-refractivity contribution in [2.24, 2.45) is 17.8 Å². The van der Waals surface area contributed by atoms with Gasteiger partial charge in [0.25, 0.3) is 0 Å². The lowest BCUT2D eigenvalue weighted by molar-refractivity contribution is -0.00518. The first kappa shape index (κ1) is 23.6. The summed E-state index contributed by atoms with van der Waals surface area (Å²) < 4.78 is 0. The molecule has 0 aliphatic heterocycles. The van der Waals surface area contributed by atoms with Gasteiger partial charge in [0.15, 0.2) is 5.82 Å². The molecule has 0 atom stereocenters. The van der Waals surface area contributed by atoms with Crippen molar-refractivity contribution in [2.45, 2.75) is 43.9 Å². The minimum Gasteiger partial charge on any atom is -0.228 e. The van der Waals surface area contributed by atoms with E-state index in [1.807, 2.05) is 24.3 Å². The number of hydrogen-bond acceptors (Lipinski definition) is 3. The van der Waals surface area contributed by atoms with Crippen molar-refractivity contribution < 1.29 is 0 Å². The molecule has 0 spiro atoms. The maximum atomic E-state index is 9.29. The summed E-state index contributed by atoms with van der Waals surface area (Å²) in [6.45, 7) is 0. The summed E-state index contributed by atoms with van der Waals surface area (Å²) in [5.41, 5.74) is 7.52. The van der Waals surface area contributed by atoms with Gasteiger partial charge in [-0.15, -0.1) is 0 Å². The van der Waals surface area contributed by atoms with E-state index in [0.29, 0.717) is 16.8 Å². The van der Waals surface area contributed by atoms with Gasteiger partial charge in [-0.05, 0) is 108 Å². The number of nitrogens with zero attached hydrogens (tertiary/aromatic N) is 3. The van der Waals surface area contributed by atoms with Gasteiger partial charge in [0.1, 0.15) is 0 Å². The van der Waals surface area contributed by atoms with E-state index in [1.54, 1.807) is 0 Å². The molecule has 1 heterocycles. The fraction of sp³-hybridized carbons (Fsp3) is 0.270. The molecular weight excluding hydrogens is 486 g/mol. The molecule has 4 fully saturated rings. The van der Waals surface area contributed by atoms with Crippen molar-refractivity contribution in [3.63, 3.8) is 0 Å². The summed E-state index contributed by atoms with van der Waals surface area (Å²) in [5.74, 6) is 3.48. The smallest absolute Gasteiger partial charge is 0.160 e. The summed E-state index contributed by atoms with van der Waals surface area (Å²) in [5, 5.41) is 11.7. The highest BCUT2D eigenvalue weighted by Crippen LogP contribution is 2.60. The third kappa shape index (κ3) is 3.94. The van der Waals surface area contributed by atoms with Gasteiger partial charge in [0, 0.05) is 16.7 Å². The van der Waals surface area contributed by atoms with Crippen LogP contribution in [-0.4, -0.2) is 9.97 Å². The zero-order valence-electron chi connectivity index (χ0n) is 22.6. The van der Waals surface area contributed by atoms with Crippen LogP contribution in [-0.2, 0) is 5.41 Å². The fourth-order valence-electron chi connectivity index (χ4n) is 8.46. The summed E-state index contributed by atoms with van der Waals surface area (Å²) in [6, 6.07) is 36.1. The molecule has 0 radical (unpaired) electrons. The maximum absolute atomic E-state index is 9.29. The Hall–Kier alpha value is -4.29. The molecule has 4 saturated carbocycles. The molecule has 4 bridgehead atoms. The van der Waals surface area contributed by atoms with Crippen LogP contribution in [0.15, 0.2) is 97.1 Å². The van der Waals surface area contributed by atoms with Gasteiger partial charge in [0.05, 0.1) is 23.0 Å². The van der Waals surface area contributed by atoms with Gasteiger partial charge in [-0.1, -0.05) is 66.7 Å². The molecule has 0 saturated heterocycles. The average molecular weight is 518 g/mol. The first-order valence-electron chi connectivity index (χ1n) is 14.6. The van der Waals surface area contributed by atoms with E-state index in [2.05, 4.69) is 78.9 Å². The molecule has 4 aliphatic carbocycles. The molecule has 0 N–H and O–H groups in total. The number of fused-ring (bicyclic) bond motifs is 1. The minimum absolute atomic E-state index is 0.390. The van der Waals surface area contributed by atoms with Crippen LogP contribution in [0, 0.1) is 29.1 Å². The number of benzene rings is 4. The number of aromatic nitrogens is 2.